The molecule has 0 aromatic carbocycles. The molecule has 2 unspecified atom stereocenters. The molecule has 3 heteroatoms. The molecule has 1 N–H and O–H groups in total. The molecule has 3 nitrogen and oxygen atoms in total. The van der Waals surface area contributed by atoms with Crippen LogP contribution in [0.5, 0.6) is 0 Å². The van der Waals surface area contributed by atoms with Crippen LogP contribution in [0, 0.1) is 12.8 Å². The molecule has 0 bridgehead atoms. The van der Waals surface area contributed by atoms with E-state index in [1.165, 1.54) is 5.56 Å². The predicted molar refractivity (Wildman–Crippen MR) is 63.4 cm³/mol. The van der Waals surface area contributed by atoms with Gasteiger partial charge in [0.1, 0.15) is 5.76 Å². The van der Waals surface area contributed by atoms with E-state index in [4.69, 9.17) is 9.15 Å². The summed E-state index contributed by atoms with van der Waals surface area (Å²) in [5.74, 6) is 1.57. The molecule has 2 atom stereocenters. The Bertz CT molecular complexity index is 315. The average molecular weight is 223 g/mol. The predicted octanol–water partition coefficient (Wildman–Crippen LogP) is 2.67. The Morgan fingerprint density at radius 2 is 2.44 bits per heavy atom. The topological polar surface area (TPSA) is 34.4 Å². The lowest BCUT2D eigenvalue weighted by molar-refractivity contribution is 0.176. The zero-order valence-corrected chi connectivity index (χ0v) is 10.2. The molecular weight excluding hydrogens is 202 g/mol. The van der Waals surface area contributed by atoms with Gasteiger partial charge in [0.2, 0.25) is 0 Å². The normalized spacial score (nSPS) is 22.5. The van der Waals surface area contributed by atoms with Crippen LogP contribution in [0.15, 0.2) is 16.7 Å². The third-order valence-corrected chi connectivity index (χ3v) is 3.16. The monoisotopic (exact) mass is 223 g/mol. The highest BCUT2D eigenvalue weighted by atomic mass is 16.5. The Balaban J connectivity index is 2.06. The van der Waals surface area contributed by atoms with Crippen molar-refractivity contribution in [3.63, 3.8) is 0 Å². The number of aryl methyl sites for hydroxylation is 1. The molecule has 1 aromatic rings. The van der Waals surface area contributed by atoms with Crippen molar-refractivity contribution in [1.29, 1.82) is 0 Å². The lowest BCUT2D eigenvalue weighted by Crippen LogP contribution is -2.29. The highest BCUT2D eigenvalue weighted by molar-refractivity contribution is 5.17. The van der Waals surface area contributed by atoms with Crippen LogP contribution in [-0.2, 0) is 4.74 Å². The van der Waals surface area contributed by atoms with Crippen LogP contribution >= 0.6 is 0 Å². The van der Waals surface area contributed by atoms with Gasteiger partial charge in [-0.15, -0.1) is 0 Å². The second-order valence-electron chi connectivity index (χ2n) is 4.55. The Kier molecular flexibility index (Phi) is 4.02. The van der Waals surface area contributed by atoms with Gasteiger partial charge in [-0.1, -0.05) is 6.92 Å². The van der Waals surface area contributed by atoms with E-state index in [0.29, 0.717) is 12.0 Å². The van der Waals surface area contributed by atoms with E-state index < -0.39 is 0 Å². The fourth-order valence-corrected chi connectivity index (χ4v) is 2.30. The second kappa shape index (κ2) is 5.51. The van der Waals surface area contributed by atoms with Crippen molar-refractivity contribution in [1.82, 2.24) is 5.32 Å². The van der Waals surface area contributed by atoms with Crippen molar-refractivity contribution in [2.45, 2.75) is 32.7 Å². The Labute approximate surface area is 97.2 Å². The second-order valence-corrected chi connectivity index (χ2v) is 4.55. The smallest absolute Gasteiger partial charge is 0.101 e. The molecule has 1 fully saturated rings. The minimum Gasteiger partial charge on any atom is -0.469 e. The molecule has 90 valence electrons. The van der Waals surface area contributed by atoms with Gasteiger partial charge in [-0.3, -0.25) is 0 Å². The summed E-state index contributed by atoms with van der Waals surface area (Å²) < 4.78 is 10.9. The number of hydrogen-bond donors (Lipinski definition) is 1. The Morgan fingerprint density at radius 1 is 1.56 bits per heavy atom. The third-order valence-electron chi connectivity index (χ3n) is 3.16. The zero-order chi connectivity index (χ0) is 11.4. The van der Waals surface area contributed by atoms with Gasteiger partial charge in [-0.2, -0.15) is 0 Å². The molecule has 16 heavy (non-hydrogen) atoms. The van der Waals surface area contributed by atoms with Crippen molar-refractivity contribution < 1.29 is 9.15 Å². The molecule has 1 aliphatic rings. The Hall–Kier alpha value is -0.800. The van der Waals surface area contributed by atoms with Gasteiger partial charge in [-0.25, -0.2) is 0 Å². The molecule has 0 aliphatic carbocycles. The number of hydrogen-bond acceptors (Lipinski definition) is 3. The average Bonchev–Trinajstić information content (AvgIpc) is 2.91. The highest BCUT2D eigenvalue weighted by Gasteiger charge is 2.27. The van der Waals surface area contributed by atoms with Gasteiger partial charge in [0.05, 0.1) is 12.9 Å². The summed E-state index contributed by atoms with van der Waals surface area (Å²) in [7, 11) is 0. The summed E-state index contributed by atoms with van der Waals surface area (Å²) >= 11 is 0. The molecule has 0 spiro atoms. The number of nitrogens with one attached hydrogen (secondary N) is 1. The number of rotatable bonds is 5. The van der Waals surface area contributed by atoms with Gasteiger partial charge < -0.3 is 14.5 Å². The molecule has 1 aromatic heterocycles. The molecule has 2 heterocycles. The van der Waals surface area contributed by atoms with Crippen LogP contribution in [0.1, 0.15) is 37.1 Å². The van der Waals surface area contributed by atoms with Crippen molar-refractivity contribution in [2.75, 3.05) is 19.8 Å². The molecule has 2 rings (SSSR count). The summed E-state index contributed by atoms with van der Waals surface area (Å²) in [4.78, 5) is 0. The van der Waals surface area contributed by atoms with Crippen LogP contribution < -0.4 is 5.32 Å². The fraction of sp³-hybridized carbons (Fsp3) is 0.692. The molecule has 1 saturated heterocycles. The minimum atomic E-state index is 0.389. The maximum Gasteiger partial charge on any atom is 0.101 e. The largest absolute Gasteiger partial charge is 0.469 e. The first-order valence-electron chi connectivity index (χ1n) is 6.17. The molecular formula is C13H21NO2. The Morgan fingerprint density at radius 3 is 3.00 bits per heavy atom. The van der Waals surface area contributed by atoms with Gasteiger partial charge in [-0.05, 0) is 32.4 Å². The van der Waals surface area contributed by atoms with Crippen molar-refractivity contribution in [3.8, 4) is 0 Å². The fourth-order valence-electron chi connectivity index (χ4n) is 2.30. The van der Waals surface area contributed by atoms with E-state index >= 15 is 0 Å². The summed E-state index contributed by atoms with van der Waals surface area (Å²) in [6.07, 6.45) is 4.17. The number of furan rings is 1. The van der Waals surface area contributed by atoms with Gasteiger partial charge in [0.25, 0.3) is 0 Å². The van der Waals surface area contributed by atoms with E-state index in [1.54, 1.807) is 0 Å². The third kappa shape index (κ3) is 2.66. The van der Waals surface area contributed by atoms with Crippen LogP contribution in [0.25, 0.3) is 0 Å². The van der Waals surface area contributed by atoms with Crippen LogP contribution in [0.2, 0.25) is 0 Å². The summed E-state index contributed by atoms with van der Waals surface area (Å²) in [6, 6.07) is 2.52. The summed E-state index contributed by atoms with van der Waals surface area (Å²) in [5.41, 5.74) is 1.27. The van der Waals surface area contributed by atoms with E-state index in [9.17, 15) is 0 Å². The maximum absolute atomic E-state index is 5.48. The quantitative estimate of drug-likeness (QED) is 0.833. The first-order chi connectivity index (χ1) is 7.81. The van der Waals surface area contributed by atoms with Crippen molar-refractivity contribution in [3.05, 3.63) is 23.7 Å². The van der Waals surface area contributed by atoms with Gasteiger partial charge >= 0.3 is 0 Å². The lowest BCUT2D eigenvalue weighted by atomic mass is 9.94. The molecule has 0 radical (unpaired) electrons. The van der Waals surface area contributed by atoms with E-state index in [1.807, 2.05) is 13.2 Å². The maximum atomic E-state index is 5.48. The van der Waals surface area contributed by atoms with Crippen LogP contribution in [-0.4, -0.2) is 19.8 Å². The van der Waals surface area contributed by atoms with E-state index in [-0.39, 0.29) is 0 Å². The summed E-state index contributed by atoms with van der Waals surface area (Å²) in [6.45, 7) is 6.99. The molecule has 0 amide bonds. The van der Waals surface area contributed by atoms with E-state index in [0.717, 1.165) is 38.4 Å². The van der Waals surface area contributed by atoms with Crippen molar-refractivity contribution in [2.24, 2.45) is 5.92 Å². The van der Waals surface area contributed by atoms with Crippen LogP contribution in [0.3, 0.4) is 0 Å². The first-order valence-corrected chi connectivity index (χ1v) is 6.17. The van der Waals surface area contributed by atoms with Crippen molar-refractivity contribution >= 4 is 0 Å². The standard InChI is InChI=1S/C13H21NO2/c1-3-5-14-13(11-4-6-15-8-11)12-7-10(2)16-9-12/h7,9,11,13-14H,3-6,8H2,1-2H3. The lowest BCUT2D eigenvalue weighted by Gasteiger charge is -2.22. The first kappa shape index (κ1) is 11.7. The molecule has 1 aliphatic heterocycles. The molecule has 0 saturated carbocycles. The summed E-state index contributed by atoms with van der Waals surface area (Å²) in [5, 5.41) is 3.60. The highest BCUT2D eigenvalue weighted by Crippen LogP contribution is 2.29. The van der Waals surface area contributed by atoms with E-state index in [2.05, 4.69) is 18.3 Å². The van der Waals surface area contributed by atoms with Crippen LogP contribution in [0.4, 0.5) is 0 Å². The number of ether oxygens (including phenoxy) is 1. The van der Waals surface area contributed by atoms with Gasteiger partial charge in [0, 0.05) is 24.1 Å². The zero-order valence-electron chi connectivity index (χ0n) is 10.2. The SMILES string of the molecule is CCCNC(c1coc(C)c1)C1CCOC1. The minimum absolute atomic E-state index is 0.389. The van der Waals surface area contributed by atoms with Gasteiger partial charge in [0.15, 0.2) is 0 Å².